The van der Waals surface area contributed by atoms with Crippen molar-refractivity contribution < 1.29 is 50.2 Å². The van der Waals surface area contributed by atoms with E-state index in [2.05, 4.69) is 0 Å². The van der Waals surface area contributed by atoms with Crippen LogP contribution in [0.4, 0.5) is 37.7 Å². The Labute approximate surface area is 266 Å². The number of non-ortho nitro benzene ring substituents is 2. The van der Waals surface area contributed by atoms with Gasteiger partial charge >= 0.3 is 12.4 Å². The van der Waals surface area contributed by atoms with Crippen molar-refractivity contribution in [1.29, 1.82) is 0 Å². The molecule has 5 aromatic carbocycles. The van der Waals surface area contributed by atoms with E-state index in [1.54, 1.807) is 30.3 Å². The van der Waals surface area contributed by atoms with E-state index in [1.165, 1.54) is 48.5 Å². The lowest BCUT2D eigenvalue weighted by molar-refractivity contribution is -0.385. The van der Waals surface area contributed by atoms with Crippen LogP contribution in [-0.4, -0.2) is 9.85 Å². The molecule has 0 heterocycles. The lowest BCUT2D eigenvalue weighted by atomic mass is 10.1. The quantitative estimate of drug-likeness (QED) is 0.0657. The van der Waals surface area contributed by atoms with E-state index in [0.29, 0.717) is 17.4 Å². The summed E-state index contributed by atoms with van der Waals surface area (Å²) in [6.07, 6.45) is -9.93. The first-order chi connectivity index (χ1) is 22.6. The van der Waals surface area contributed by atoms with Crippen molar-refractivity contribution in [3.8, 4) is 23.0 Å². The number of rotatable bonds is 9. The largest absolute Gasteiger partial charge is 0.457 e. The lowest BCUT2D eigenvalue weighted by Crippen LogP contribution is -2.24. The Morgan fingerprint density at radius 2 is 0.875 bits per heavy atom. The molecule has 5 rings (SSSR count). The standard InChI is InChI=1S/C32H19F6N2O7P/c33-31(34,35)27-18-20(39(41)42)6-16-29(27)46-22-8-12-25(13-9-22)48(45,24-4-2-1-3-5-24)26-14-10-23(11-15-26)47-30-17-7-21(40(43)44)19-28(30)32(36,37)38/h1-19H. The SMILES string of the molecule is O=[N+]([O-])c1ccc(Oc2ccc(P(=O)(c3ccccc3)c3ccc(Oc4ccc([N+](=O)[O-])cc4C(F)(F)F)cc3)cc2)c(C(F)(F)F)c1. The summed E-state index contributed by atoms with van der Waals surface area (Å²) in [5.74, 6) is -1.57. The second kappa shape index (κ2) is 12.8. The highest BCUT2D eigenvalue weighted by molar-refractivity contribution is 7.85. The summed E-state index contributed by atoms with van der Waals surface area (Å²) in [6, 6.07) is 22.8. The van der Waals surface area contributed by atoms with Crippen LogP contribution in [0.2, 0.25) is 0 Å². The van der Waals surface area contributed by atoms with E-state index < -0.39 is 63.3 Å². The minimum Gasteiger partial charge on any atom is -0.457 e. The molecule has 48 heavy (non-hydrogen) atoms. The molecule has 0 aliphatic heterocycles. The molecule has 0 saturated heterocycles. The summed E-state index contributed by atoms with van der Waals surface area (Å²) in [5.41, 5.74) is -4.29. The zero-order chi connectivity index (χ0) is 34.9. The Bertz CT molecular complexity index is 1910. The zero-order valence-electron chi connectivity index (χ0n) is 23.9. The monoisotopic (exact) mass is 688 g/mol. The first-order valence-electron chi connectivity index (χ1n) is 13.5. The molecule has 0 N–H and O–H groups in total. The highest BCUT2D eigenvalue weighted by Crippen LogP contribution is 2.45. The molecule has 0 bridgehead atoms. The Kier molecular flexibility index (Phi) is 9.00. The van der Waals surface area contributed by atoms with Crippen LogP contribution in [0.1, 0.15) is 11.1 Å². The molecular weight excluding hydrogens is 669 g/mol. The molecular formula is C32H19F6N2O7P. The van der Waals surface area contributed by atoms with Gasteiger partial charge in [-0.15, -0.1) is 0 Å². The third-order valence-corrected chi connectivity index (χ3v) is 10.0. The number of ether oxygens (including phenoxy) is 2. The second-order valence-electron chi connectivity index (χ2n) is 10.0. The smallest absolute Gasteiger partial charge is 0.420 e. The third-order valence-electron chi connectivity index (χ3n) is 6.93. The van der Waals surface area contributed by atoms with Gasteiger partial charge in [0.2, 0.25) is 0 Å². The molecule has 0 saturated carbocycles. The average molecular weight is 688 g/mol. The average Bonchev–Trinajstić information content (AvgIpc) is 3.04. The maximum Gasteiger partial charge on any atom is 0.420 e. The fraction of sp³-hybridized carbons (Fsp3) is 0.0625. The predicted octanol–water partition coefficient (Wildman–Crippen LogP) is 8.76. The molecule has 0 amide bonds. The van der Waals surface area contributed by atoms with E-state index >= 15 is 0 Å². The Hall–Kier alpha value is -5.69. The van der Waals surface area contributed by atoms with Crippen LogP contribution in [0.3, 0.4) is 0 Å². The fourth-order valence-corrected chi connectivity index (χ4v) is 7.30. The summed E-state index contributed by atoms with van der Waals surface area (Å²) in [4.78, 5) is 20.1. The van der Waals surface area contributed by atoms with Gasteiger partial charge in [-0.1, -0.05) is 30.3 Å². The Morgan fingerprint density at radius 1 is 0.521 bits per heavy atom. The van der Waals surface area contributed by atoms with Crippen LogP contribution in [0, 0.1) is 20.2 Å². The molecule has 246 valence electrons. The van der Waals surface area contributed by atoms with E-state index in [9.17, 15) is 51.1 Å². The van der Waals surface area contributed by atoms with Crippen LogP contribution < -0.4 is 25.4 Å². The minimum absolute atomic E-state index is 0.0926. The Balaban J connectivity index is 1.48. The first kappa shape index (κ1) is 33.7. The molecule has 0 unspecified atom stereocenters. The van der Waals surface area contributed by atoms with Gasteiger partial charge in [0.1, 0.15) is 34.1 Å². The Morgan fingerprint density at radius 3 is 1.21 bits per heavy atom. The van der Waals surface area contributed by atoms with E-state index in [1.807, 2.05) is 0 Å². The van der Waals surface area contributed by atoms with Gasteiger partial charge < -0.3 is 14.0 Å². The topological polar surface area (TPSA) is 122 Å². The van der Waals surface area contributed by atoms with E-state index in [0.717, 1.165) is 24.3 Å². The third kappa shape index (κ3) is 7.00. The van der Waals surface area contributed by atoms with Gasteiger partial charge in [-0.05, 0) is 60.7 Å². The summed E-state index contributed by atoms with van der Waals surface area (Å²) >= 11 is 0. The van der Waals surface area contributed by atoms with E-state index in [-0.39, 0.29) is 22.1 Å². The highest BCUT2D eigenvalue weighted by Gasteiger charge is 2.38. The summed E-state index contributed by atoms with van der Waals surface area (Å²) < 4.78 is 107. The molecule has 0 aliphatic carbocycles. The number of hydrogen-bond donors (Lipinski definition) is 0. The van der Waals surface area contributed by atoms with Gasteiger partial charge in [-0.3, -0.25) is 20.2 Å². The normalized spacial score (nSPS) is 12.0. The van der Waals surface area contributed by atoms with Gasteiger partial charge in [-0.2, -0.15) is 26.3 Å². The lowest BCUT2D eigenvalue weighted by Gasteiger charge is -2.21. The molecule has 9 nitrogen and oxygen atoms in total. The highest BCUT2D eigenvalue weighted by atomic mass is 31.2. The van der Waals surface area contributed by atoms with Gasteiger partial charge in [0, 0.05) is 40.2 Å². The first-order valence-corrected chi connectivity index (χ1v) is 15.2. The van der Waals surface area contributed by atoms with Crippen molar-refractivity contribution >= 4 is 34.4 Å². The van der Waals surface area contributed by atoms with Gasteiger partial charge in [0.25, 0.3) is 11.4 Å². The van der Waals surface area contributed by atoms with Crippen LogP contribution in [0.5, 0.6) is 23.0 Å². The number of alkyl halides is 6. The van der Waals surface area contributed by atoms with Crippen LogP contribution in [0.15, 0.2) is 115 Å². The van der Waals surface area contributed by atoms with Crippen LogP contribution in [-0.2, 0) is 16.9 Å². The van der Waals surface area contributed by atoms with Gasteiger partial charge in [0.15, 0.2) is 7.14 Å². The maximum atomic E-state index is 14.8. The van der Waals surface area contributed by atoms with Crippen molar-refractivity contribution in [1.82, 2.24) is 0 Å². The second-order valence-corrected chi connectivity index (χ2v) is 12.8. The summed E-state index contributed by atoms with van der Waals surface area (Å²) in [5, 5.41) is 22.8. The molecule has 0 radical (unpaired) electrons. The predicted molar refractivity (Wildman–Crippen MR) is 162 cm³/mol. The molecule has 5 aromatic rings. The molecule has 0 aliphatic rings. The number of nitro groups is 2. The summed E-state index contributed by atoms with van der Waals surface area (Å²) in [6.45, 7) is 0. The maximum absolute atomic E-state index is 14.8. The molecule has 0 fully saturated rings. The van der Waals surface area contributed by atoms with Crippen molar-refractivity contribution in [2.24, 2.45) is 0 Å². The summed E-state index contributed by atoms with van der Waals surface area (Å²) in [7, 11) is -3.71. The van der Waals surface area contributed by atoms with Crippen molar-refractivity contribution in [2.75, 3.05) is 0 Å². The zero-order valence-corrected chi connectivity index (χ0v) is 24.8. The molecule has 0 spiro atoms. The van der Waals surface area contributed by atoms with Crippen molar-refractivity contribution in [3.63, 3.8) is 0 Å². The van der Waals surface area contributed by atoms with Gasteiger partial charge in [0.05, 0.1) is 9.85 Å². The number of benzene rings is 5. The van der Waals surface area contributed by atoms with Crippen molar-refractivity contribution in [2.45, 2.75) is 12.4 Å². The number of nitro benzene ring substituents is 2. The number of halogens is 6. The minimum atomic E-state index is -4.97. The van der Waals surface area contributed by atoms with Gasteiger partial charge in [-0.25, -0.2) is 0 Å². The van der Waals surface area contributed by atoms with Crippen LogP contribution >= 0.6 is 7.14 Å². The molecule has 0 atom stereocenters. The molecule has 16 heteroatoms. The van der Waals surface area contributed by atoms with E-state index in [4.69, 9.17) is 9.47 Å². The van der Waals surface area contributed by atoms with Crippen LogP contribution in [0.25, 0.3) is 0 Å². The number of nitrogens with zero attached hydrogens (tertiary/aromatic N) is 2. The fourth-order valence-electron chi connectivity index (χ4n) is 4.67. The van der Waals surface area contributed by atoms with Crippen molar-refractivity contribution in [3.05, 3.63) is 147 Å². The molecule has 0 aromatic heterocycles. The number of hydrogen-bond acceptors (Lipinski definition) is 7.